The van der Waals surface area contributed by atoms with Crippen LogP contribution in [0.3, 0.4) is 0 Å². The van der Waals surface area contributed by atoms with Crippen LogP contribution in [0, 0.1) is 11.8 Å². The van der Waals surface area contributed by atoms with Crippen LogP contribution >= 0.6 is 0 Å². The Balaban J connectivity index is 1.44. The Morgan fingerprint density at radius 1 is 1.03 bits per heavy atom. The summed E-state index contributed by atoms with van der Waals surface area (Å²) in [5.41, 5.74) is 14.1. The van der Waals surface area contributed by atoms with E-state index in [2.05, 4.69) is 6.58 Å². The smallest absolute Gasteiger partial charge is 0.331 e. The fraction of sp³-hybridized carbons (Fsp3) is 0.333. The molecule has 6 heteroatoms. The van der Waals surface area contributed by atoms with E-state index in [1.165, 1.54) is 6.08 Å². The number of hydrogen-bond donors (Lipinski definition) is 2. The second-order valence-electron chi connectivity index (χ2n) is 8.47. The minimum absolute atomic E-state index is 0.0340. The highest BCUT2D eigenvalue weighted by atomic mass is 16.5. The SMILES string of the molecule is C=CCCC1CCC(C(=O)Oc2ccc(C=CC(=O)OCc3cc(N)ccc3N)cc2)CC1. The van der Waals surface area contributed by atoms with Gasteiger partial charge in [-0.3, -0.25) is 4.79 Å². The maximum absolute atomic E-state index is 12.5. The zero-order valence-electron chi connectivity index (χ0n) is 18.9. The number of allylic oxidation sites excluding steroid dienone is 1. The molecule has 0 amide bonds. The summed E-state index contributed by atoms with van der Waals surface area (Å²) in [6.45, 7) is 3.82. The van der Waals surface area contributed by atoms with E-state index in [0.29, 0.717) is 28.6 Å². The average Bonchev–Trinajstić information content (AvgIpc) is 2.83. The lowest BCUT2D eigenvalue weighted by Gasteiger charge is -2.26. The monoisotopic (exact) mass is 448 g/mol. The fourth-order valence-electron chi connectivity index (χ4n) is 4.00. The Kier molecular flexibility index (Phi) is 8.70. The molecule has 0 atom stereocenters. The molecule has 3 rings (SSSR count). The first kappa shape index (κ1) is 24.1. The Bertz CT molecular complexity index is 990. The van der Waals surface area contributed by atoms with E-state index < -0.39 is 5.97 Å². The number of esters is 2. The molecule has 1 aliphatic rings. The number of carbonyl (C=O) groups excluding carboxylic acids is 2. The molecule has 2 aromatic carbocycles. The highest BCUT2D eigenvalue weighted by Crippen LogP contribution is 2.32. The summed E-state index contributed by atoms with van der Waals surface area (Å²) in [4.78, 5) is 24.5. The van der Waals surface area contributed by atoms with E-state index >= 15 is 0 Å². The lowest BCUT2D eigenvalue weighted by Crippen LogP contribution is -2.25. The molecule has 0 aromatic heterocycles. The van der Waals surface area contributed by atoms with Crippen molar-refractivity contribution in [1.29, 1.82) is 0 Å². The van der Waals surface area contributed by atoms with Crippen LogP contribution in [-0.4, -0.2) is 11.9 Å². The van der Waals surface area contributed by atoms with Crippen molar-refractivity contribution in [2.24, 2.45) is 11.8 Å². The van der Waals surface area contributed by atoms with E-state index in [1.807, 2.05) is 6.08 Å². The molecule has 0 heterocycles. The molecule has 0 unspecified atom stereocenters. The first-order valence-electron chi connectivity index (χ1n) is 11.4. The van der Waals surface area contributed by atoms with Crippen LogP contribution in [0.4, 0.5) is 11.4 Å². The van der Waals surface area contributed by atoms with Gasteiger partial charge in [-0.1, -0.05) is 18.2 Å². The Hall–Kier alpha value is -3.54. The zero-order chi connectivity index (χ0) is 23.6. The second-order valence-corrected chi connectivity index (χ2v) is 8.47. The third-order valence-electron chi connectivity index (χ3n) is 6.01. The van der Waals surface area contributed by atoms with Crippen molar-refractivity contribution < 1.29 is 19.1 Å². The minimum atomic E-state index is -0.490. The molecular formula is C27H32N2O4. The Morgan fingerprint density at radius 3 is 2.45 bits per heavy atom. The van der Waals surface area contributed by atoms with Crippen molar-refractivity contribution in [3.8, 4) is 5.75 Å². The quantitative estimate of drug-likeness (QED) is 0.178. The zero-order valence-corrected chi connectivity index (χ0v) is 18.9. The standard InChI is InChI=1S/C27H32N2O4/c1-2-3-4-19-5-10-21(11-6-19)27(31)33-24-13-7-20(8-14-24)9-16-26(30)32-18-22-17-23(28)12-15-25(22)29/h2,7-9,12-17,19,21H,1,3-6,10-11,18,28-29H2. The lowest BCUT2D eigenvalue weighted by molar-refractivity contribution is -0.140. The molecule has 2 aromatic rings. The number of anilines is 2. The third-order valence-corrected chi connectivity index (χ3v) is 6.01. The van der Waals surface area contributed by atoms with Gasteiger partial charge in [0.25, 0.3) is 0 Å². The van der Waals surface area contributed by atoms with Gasteiger partial charge in [0.05, 0.1) is 5.92 Å². The first-order chi connectivity index (χ1) is 15.9. The van der Waals surface area contributed by atoms with Gasteiger partial charge in [0.1, 0.15) is 12.4 Å². The van der Waals surface area contributed by atoms with Crippen LogP contribution in [0.2, 0.25) is 0 Å². The van der Waals surface area contributed by atoms with Gasteiger partial charge in [0.15, 0.2) is 0 Å². The molecule has 1 saturated carbocycles. The van der Waals surface area contributed by atoms with E-state index in [9.17, 15) is 9.59 Å². The molecule has 1 fully saturated rings. The molecule has 4 N–H and O–H groups in total. The van der Waals surface area contributed by atoms with Gasteiger partial charge >= 0.3 is 11.9 Å². The number of carbonyl (C=O) groups is 2. The van der Waals surface area contributed by atoms with Crippen molar-refractivity contribution in [2.75, 3.05) is 11.5 Å². The highest BCUT2D eigenvalue weighted by Gasteiger charge is 2.27. The summed E-state index contributed by atoms with van der Waals surface area (Å²) < 4.78 is 10.8. The van der Waals surface area contributed by atoms with Crippen LogP contribution in [0.25, 0.3) is 6.08 Å². The van der Waals surface area contributed by atoms with E-state index in [0.717, 1.165) is 44.1 Å². The predicted octanol–water partition coefficient (Wildman–Crippen LogP) is 5.29. The number of nitrogen functional groups attached to an aromatic ring is 2. The van der Waals surface area contributed by atoms with E-state index in [1.54, 1.807) is 48.5 Å². The summed E-state index contributed by atoms with van der Waals surface area (Å²) in [5.74, 6) is 0.507. The topological polar surface area (TPSA) is 105 Å². The maximum atomic E-state index is 12.5. The van der Waals surface area contributed by atoms with Crippen molar-refractivity contribution >= 4 is 29.4 Å². The lowest BCUT2D eigenvalue weighted by atomic mass is 9.80. The van der Waals surface area contributed by atoms with Crippen LogP contribution in [0.1, 0.15) is 49.7 Å². The molecule has 0 bridgehead atoms. The van der Waals surface area contributed by atoms with E-state index in [-0.39, 0.29) is 18.5 Å². The van der Waals surface area contributed by atoms with Crippen LogP contribution in [-0.2, 0) is 20.9 Å². The molecule has 0 aliphatic heterocycles. The molecule has 0 radical (unpaired) electrons. The fourth-order valence-corrected chi connectivity index (χ4v) is 4.00. The molecule has 1 aliphatic carbocycles. The second kappa shape index (κ2) is 11.9. The van der Waals surface area contributed by atoms with Crippen molar-refractivity contribution in [1.82, 2.24) is 0 Å². The number of nitrogens with two attached hydrogens (primary N) is 2. The molecule has 174 valence electrons. The molecule has 0 saturated heterocycles. The summed E-state index contributed by atoms with van der Waals surface area (Å²) in [6, 6.07) is 12.1. The highest BCUT2D eigenvalue weighted by molar-refractivity contribution is 5.87. The maximum Gasteiger partial charge on any atom is 0.331 e. The number of hydrogen-bond acceptors (Lipinski definition) is 6. The van der Waals surface area contributed by atoms with Gasteiger partial charge in [0, 0.05) is 23.0 Å². The summed E-state index contributed by atoms with van der Waals surface area (Å²) in [6.07, 6.45) is 11.0. The van der Waals surface area contributed by atoms with Gasteiger partial charge in [-0.2, -0.15) is 0 Å². The van der Waals surface area contributed by atoms with Gasteiger partial charge < -0.3 is 20.9 Å². The summed E-state index contributed by atoms with van der Waals surface area (Å²) >= 11 is 0. The van der Waals surface area contributed by atoms with E-state index in [4.69, 9.17) is 20.9 Å². The molecule has 6 nitrogen and oxygen atoms in total. The molecule has 0 spiro atoms. The average molecular weight is 449 g/mol. The third kappa shape index (κ3) is 7.52. The van der Waals surface area contributed by atoms with Crippen molar-refractivity contribution in [3.05, 3.63) is 72.3 Å². The molecular weight excluding hydrogens is 416 g/mol. The van der Waals surface area contributed by atoms with Crippen LogP contribution in [0.5, 0.6) is 5.75 Å². The number of rotatable bonds is 9. The van der Waals surface area contributed by atoms with Gasteiger partial charge in [0.2, 0.25) is 0 Å². The predicted molar refractivity (Wildman–Crippen MR) is 131 cm³/mol. The first-order valence-corrected chi connectivity index (χ1v) is 11.4. The van der Waals surface area contributed by atoms with Gasteiger partial charge in [-0.25, -0.2) is 4.79 Å². The Morgan fingerprint density at radius 2 is 1.76 bits per heavy atom. The molecule has 33 heavy (non-hydrogen) atoms. The van der Waals surface area contributed by atoms with Gasteiger partial charge in [-0.15, -0.1) is 6.58 Å². The van der Waals surface area contributed by atoms with Crippen LogP contribution in [0.15, 0.2) is 61.2 Å². The largest absolute Gasteiger partial charge is 0.458 e. The normalized spacial score (nSPS) is 18.1. The Labute approximate surface area is 195 Å². The van der Waals surface area contributed by atoms with Crippen LogP contribution < -0.4 is 16.2 Å². The number of benzene rings is 2. The summed E-state index contributed by atoms with van der Waals surface area (Å²) in [5, 5.41) is 0. The van der Waals surface area contributed by atoms with Crippen molar-refractivity contribution in [2.45, 2.75) is 45.1 Å². The van der Waals surface area contributed by atoms with Crippen molar-refractivity contribution in [3.63, 3.8) is 0 Å². The summed E-state index contributed by atoms with van der Waals surface area (Å²) in [7, 11) is 0. The number of ether oxygens (including phenoxy) is 2. The van der Waals surface area contributed by atoms with Gasteiger partial charge in [-0.05, 0) is 86.4 Å². The minimum Gasteiger partial charge on any atom is -0.458 e.